The van der Waals surface area contributed by atoms with E-state index < -0.39 is 4.92 Å². The summed E-state index contributed by atoms with van der Waals surface area (Å²) in [5.74, 6) is 0.219. The van der Waals surface area contributed by atoms with E-state index in [4.69, 9.17) is 10.5 Å². The Balaban J connectivity index is 2.46. The van der Waals surface area contributed by atoms with Crippen molar-refractivity contribution in [3.05, 3.63) is 50.6 Å². The van der Waals surface area contributed by atoms with Crippen LogP contribution >= 0.6 is 15.9 Å². The highest BCUT2D eigenvalue weighted by Gasteiger charge is 2.20. The maximum Gasteiger partial charge on any atom is 0.312 e. The molecule has 0 spiro atoms. The van der Waals surface area contributed by atoms with Gasteiger partial charge in [-0.25, -0.2) is 4.98 Å². The summed E-state index contributed by atoms with van der Waals surface area (Å²) in [6, 6.07) is 6.24. The Labute approximate surface area is 117 Å². The number of halogens is 1. The molecule has 0 atom stereocenters. The molecule has 0 bridgehead atoms. The molecule has 2 rings (SSSR count). The SMILES string of the molecule is Cc1cnc(Oc2c(Br)cccc2[N+](=O)[O-])c(N)c1. The number of benzene rings is 1. The Morgan fingerprint density at radius 2 is 2.21 bits per heavy atom. The number of nitrogens with two attached hydrogens (primary N) is 1. The van der Waals surface area contributed by atoms with Crippen LogP contribution in [0.15, 0.2) is 34.9 Å². The number of rotatable bonds is 3. The summed E-state index contributed by atoms with van der Waals surface area (Å²) in [5.41, 5.74) is 6.82. The molecule has 0 radical (unpaired) electrons. The summed E-state index contributed by atoms with van der Waals surface area (Å²) in [4.78, 5) is 14.5. The summed E-state index contributed by atoms with van der Waals surface area (Å²) >= 11 is 3.21. The standard InChI is InChI=1S/C12H10BrN3O3/c1-7-5-9(14)12(15-6-7)19-11-8(13)3-2-4-10(11)16(17)18/h2-6H,14H2,1H3. The number of pyridine rings is 1. The molecule has 7 heteroatoms. The van der Waals surface area contributed by atoms with E-state index in [1.165, 1.54) is 6.07 Å². The third-order valence-electron chi connectivity index (χ3n) is 2.36. The number of nitrogen functional groups attached to an aromatic ring is 1. The maximum absolute atomic E-state index is 11.0. The fourth-order valence-corrected chi connectivity index (χ4v) is 1.94. The van der Waals surface area contributed by atoms with E-state index in [2.05, 4.69) is 20.9 Å². The van der Waals surface area contributed by atoms with Gasteiger partial charge < -0.3 is 10.5 Å². The van der Waals surface area contributed by atoms with Crippen molar-refractivity contribution in [1.82, 2.24) is 4.98 Å². The Hall–Kier alpha value is -2.15. The van der Waals surface area contributed by atoms with Crippen LogP contribution in [0, 0.1) is 17.0 Å². The predicted molar refractivity (Wildman–Crippen MR) is 74.3 cm³/mol. The van der Waals surface area contributed by atoms with E-state index in [9.17, 15) is 10.1 Å². The van der Waals surface area contributed by atoms with Crippen LogP contribution in [0.2, 0.25) is 0 Å². The number of anilines is 1. The zero-order valence-electron chi connectivity index (χ0n) is 9.96. The van der Waals surface area contributed by atoms with Gasteiger partial charge in [0.15, 0.2) is 0 Å². The summed E-state index contributed by atoms with van der Waals surface area (Å²) in [6.45, 7) is 1.84. The number of aromatic nitrogens is 1. The van der Waals surface area contributed by atoms with Gasteiger partial charge in [-0.1, -0.05) is 6.07 Å². The summed E-state index contributed by atoms with van der Waals surface area (Å²) in [6.07, 6.45) is 1.58. The molecule has 0 saturated carbocycles. The van der Waals surface area contributed by atoms with Gasteiger partial charge in [0.2, 0.25) is 11.6 Å². The van der Waals surface area contributed by atoms with E-state index in [0.717, 1.165) is 5.56 Å². The van der Waals surface area contributed by atoms with Crippen LogP contribution in [-0.2, 0) is 0 Å². The number of ether oxygens (including phenoxy) is 1. The zero-order valence-corrected chi connectivity index (χ0v) is 11.5. The van der Waals surface area contributed by atoms with Crippen molar-refractivity contribution in [2.45, 2.75) is 6.92 Å². The van der Waals surface area contributed by atoms with Gasteiger partial charge >= 0.3 is 5.69 Å². The molecule has 2 N–H and O–H groups in total. The lowest BCUT2D eigenvalue weighted by atomic mass is 10.3. The van der Waals surface area contributed by atoms with Gasteiger partial charge in [-0.15, -0.1) is 0 Å². The largest absolute Gasteiger partial charge is 0.429 e. The second-order valence-corrected chi connectivity index (χ2v) is 4.71. The lowest BCUT2D eigenvalue weighted by Crippen LogP contribution is -1.99. The van der Waals surface area contributed by atoms with E-state index in [1.807, 2.05) is 6.92 Å². The number of nitro groups is 1. The minimum atomic E-state index is -0.523. The topological polar surface area (TPSA) is 91.3 Å². The first-order chi connectivity index (χ1) is 8.99. The van der Waals surface area contributed by atoms with E-state index >= 15 is 0 Å². The Morgan fingerprint density at radius 3 is 2.84 bits per heavy atom. The van der Waals surface area contributed by atoms with E-state index in [1.54, 1.807) is 24.4 Å². The number of para-hydroxylation sites is 1. The smallest absolute Gasteiger partial charge is 0.312 e. The number of hydrogen-bond donors (Lipinski definition) is 1. The average Bonchev–Trinajstić information content (AvgIpc) is 2.34. The molecule has 0 aliphatic carbocycles. The molecular formula is C12H10BrN3O3. The first kappa shape index (κ1) is 13.3. The molecule has 0 amide bonds. The lowest BCUT2D eigenvalue weighted by Gasteiger charge is -2.09. The van der Waals surface area contributed by atoms with Gasteiger partial charge in [-0.05, 0) is 40.5 Å². The summed E-state index contributed by atoms with van der Waals surface area (Å²) in [5, 5.41) is 11.0. The molecule has 0 fully saturated rings. The Morgan fingerprint density at radius 1 is 1.47 bits per heavy atom. The molecule has 0 unspecified atom stereocenters. The Bertz CT molecular complexity index is 646. The zero-order chi connectivity index (χ0) is 14.0. The van der Waals surface area contributed by atoms with Gasteiger partial charge in [0.25, 0.3) is 0 Å². The molecule has 0 aliphatic rings. The van der Waals surface area contributed by atoms with Crippen LogP contribution in [0.4, 0.5) is 11.4 Å². The average molecular weight is 324 g/mol. The van der Waals surface area contributed by atoms with Crippen molar-refractivity contribution in [3.63, 3.8) is 0 Å². The van der Waals surface area contributed by atoms with Gasteiger partial charge in [0.05, 0.1) is 15.1 Å². The second kappa shape index (κ2) is 5.23. The second-order valence-electron chi connectivity index (χ2n) is 3.85. The highest BCUT2D eigenvalue weighted by atomic mass is 79.9. The molecule has 19 heavy (non-hydrogen) atoms. The molecule has 2 aromatic rings. The third kappa shape index (κ3) is 2.82. The highest BCUT2D eigenvalue weighted by Crippen LogP contribution is 2.38. The Kier molecular flexibility index (Phi) is 3.66. The molecule has 6 nitrogen and oxygen atoms in total. The first-order valence-electron chi connectivity index (χ1n) is 5.32. The maximum atomic E-state index is 11.0. The van der Waals surface area contributed by atoms with Gasteiger partial charge in [-0.2, -0.15) is 0 Å². The quantitative estimate of drug-likeness (QED) is 0.690. The monoisotopic (exact) mass is 323 g/mol. The van der Waals surface area contributed by atoms with Crippen molar-refractivity contribution in [2.75, 3.05) is 5.73 Å². The molecule has 1 aromatic carbocycles. The van der Waals surface area contributed by atoms with Crippen molar-refractivity contribution in [2.24, 2.45) is 0 Å². The molecule has 0 saturated heterocycles. The third-order valence-corrected chi connectivity index (χ3v) is 2.98. The number of hydrogen-bond acceptors (Lipinski definition) is 5. The minimum absolute atomic E-state index is 0.0792. The van der Waals surface area contributed by atoms with Crippen molar-refractivity contribution in [3.8, 4) is 11.6 Å². The molecule has 1 heterocycles. The molecular weight excluding hydrogens is 314 g/mol. The minimum Gasteiger partial charge on any atom is -0.429 e. The number of nitrogens with zero attached hydrogens (tertiary/aromatic N) is 2. The van der Waals surface area contributed by atoms with Crippen molar-refractivity contribution in [1.29, 1.82) is 0 Å². The first-order valence-corrected chi connectivity index (χ1v) is 6.11. The number of nitro benzene ring substituents is 1. The van der Waals surface area contributed by atoms with Crippen LogP contribution < -0.4 is 10.5 Å². The normalized spacial score (nSPS) is 10.2. The lowest BCUT2D eigenvalue weighted by molar-refractivity contribution is -0.385. The molecule has 98 valence electrons. The fraction of sp³-hybridized carbons (Fsp3) is 0.0833. The van der Waals surface area contributed by atoms with Crippen molar-refractivity contribution < 1.29 is 9.66 Å². The van der Waals surface area contributed by atoms with E-state index in [0.29, 0.717) is 10.2 Å². The van der Waals surface area contributed by atoms with E-state index in [-0.39, 0.29) is 17.3 Å². The van der Waals surface area contributed by atoms with Gasteiger partial charge in [0.1, 0.15) is 0 Å². The van der Waals surface area contributed by atoms with Gasteiger partial charge in [-0.3, -0.25) is 10.1 Å². The summed E-state index contributed by atoms with van der Waals surface area (Å²) in [7, 11) is 0. The molecule has 0 aliphatic heterocycles. The van der Waals surface area contributed by atoms with Crippen LogP contribution in [0.25, 0.3) is 0 Å². The van der Waals surface area contributed by atoms with Crippen LogP contribution in [-0.4, -0.2) is 9.91 Å². The van der Waals surface area contributed by atoms with Crippen LogP contribution in [0.1, 0.15) is 5.56 Å². The van der Waals surface area contributed by atoms with Crippen molar-refractivity contribution >= 4 is 27.3 Å². The predicted octanol–water partition coefficient (Wildman–Crippen LogP) is 3.44. The summed E-state index contributed by atoms with van der Waals surface area (Å²) < 4.78 is 5.92. The molecule has 1 aromatic heterocycles. The van der Waals surface area contributed by atoms with Crippen LogP contribution in [0.5, 0.6) is 11.6 Å². The highest BCUT2D eigenvalue weighted by molar-refractivity contribution is 9.10. The number of aryl methyl sites for hydroxylation is 1. The van der Waals surface area contributed by atoms with Gasteiger partial charge in [0, 0.05) is 12.3 Å². The van der Waals surface area contributed by atoms with Crippen LogP contribution in [0.3, 0.4) is 0 Å². The fourth-order valence-electron chi connectivity index (χ4n) is 1.50.